The van der Waals surface area contributed by atoms with E-state index < -0.39 is 0 Å². The molecule has 4 nitrogen and oxygen atoms in total. The molecule has 4 rings (SSSR count). The summed E-state index contributed by atoms with van der Waals surface area (Å²) < 4.78 is 0. The highest BCUT2D eigenvalue weighted by Gasteiger charge is 2.40. The number of aryl methyl sites for hydroxylation is 4. The number of imide groups is 1. The Morgan fingerprint density at radius 2 is 1.33 bits per heavy atom. The van der Waals surface area contributed by atoms with Gasteiger partial charge in [0.1, 0.15) is 5.70 Å². The molecule has 30 heavy (non-hydrogen) atoms. The maximum absolute atomic E-state index is 13.5. The number of benzene rings is 3. The van der Waals surface area contributed by atoms with Crippen molar-refractivity contribution in [3.63, 3.8) is 0 Å². The molecule has 0 bridgehead atoms. The van der Waals surface area contributed by atoms with E-state index in [4.69, 9.17) is 0 Å². The SMILES string of the molecule is Cc1ccc(C2=C(Nc3cc(C)cc(C)c3)C(=O)N(c3ccccc3C)C2=O)cc1. The zero-order valence-corrected chi connectivity index (χ0v) is 17.6. The number of para-hydroxylation sites is 1. The summed E-state index contributed by atoms with van der Waals surface area (Å²) in [5.74, 6) is -0.658. The third kappa shape index (κ3) is 3.52. The molecular formula is C26H24N2O2. The maximum Gasteiger partial charge on any atom is 0.282 e. The molecule has 2 amide bonds. The van der Waals surface area contributed by atoms with Crippen LogP contribution in [0.25, 0.3) is 5.57 Å². The van der Waals surface area contributed by atoms with Gasteiger partial charge in [0.05, 0.1) is 11.3 Å². The molecule has 0 spiro atoms. The summed E-state index contributed by atoms with van der Waals surface area (Å²) in [5, 5.41) is 3.25. The van der Waals surface area contributed by atoms with E-state index in [-0.39, 0.29) is 11.8 Å². The Labute approximate surface area is 176 Å². The second-order valence-electron chi connectivity index (χ2n) is 7.85. The number of hydrogen-bond acceptors (Lipinski definition) is 3. The fourth-order valence-electron chi connectivity index (χ4n) is 3.86. The minimum Gasteiger partial charge on any atom is -0.350 e. The Morgan fingerprint density at radius 3 is 1.97 bits per heavy atom. The van der Waals surface area contributed by atoms with Crippen molar-refractivity contribution in [2.45, 2.75) is 27.7 Å². The average Bonchev–Trinajstić information content (AvgIpc) is 2.92. The van der Waals surface area contributed by atoms with Gasteiger partial charge in [0.15, 0.2) is 0 Å². The molecule has 150 valence electrons. The fourth-order valence-corrected chi connectivity index (χ4v) is 3.86. The lowest BCUT2D eigenvalue weighted by molar-refractivity contribution is -0.120. The second-order valence-corrected chi connectivity index (χ2v) is 7.85. The van der Waals surface area contributed by atoms with Gasteiger partial charge in [0.25, 0.3) is 11.8 Å². The monoisotopic (exact) mass is 396 g/mol. The van der Waals surface area contributed by atoms with E-state index in [0.717, 1.165) is 33.5 Å². The summed E-state index contributed by atoms with van der Waals surface area (Å²) in [7, 11) is 0. The average molecular weight is 396 g/mol. The predicted octanol–water partition coefficient (Wildman–Crippen LogP) is 5.32. The molecular weight excluding hydrogens is 372 g/mol. The first-order valence-electron chi connectivity index (χ1n) is 9.96. The van der Waals surface area contributed by atoms with Crippen LogP contribution in [0, 0.1) is 27.7 Å². The molecule has 3 aromatic rings. The zero-order chi connectivity index (χ0) is 21.4. The number of hydrogen-bond donors (Lipinski definition) is 1. The van der Waals surface area contributed by atoms with Crippen molar-refractivity contribution in [1.82, 2.24) is 0 Å². The van der Waals surface area contributed by atoms with E-state index in [1.807, 2.05) is 82.3 Å². The van der Waals surface area contributed by atoms with Crippen molar-refractivity contribution in [2.24, 2.45) is 0 Å². The molecule has 0 aromatic heterocycles. The Morgan fingerprint density at radius 1 is 0.700 bits per heavy atom. The van der Waals surface area contributed by atoms with Crippen LogP contribution in [0.5, 0.6) is 0 Å². The largest absolute Gasteiger partial charge is 0.350 e. The Bertz CT molecular complexity index is 1170. The number of rotatable bonds is 4. The Balaban J connectivity index is 1.86. The standard InChI is InChI=1S/C26H24N2O2/c1-16-9-11-20(12-10-16)23-24(27-21-14-17(2)13-18(3)15-21)26(30)28(25(23)29)22-8-6-5-7-19(22)4/h5-15,27H,1-4H3. The van der Waals surface area contributed by atoms with Crippen LogP contribution in [-0.4, -0.2) is 11.8 Å². The van der Waals surface area contributed by atoms with Crippen LogP contribution in [0.3, 0.4) is 0 Å². The Hall–Kier alpha value is -3.66. The molecule has 1 aliphatic rings. The molecule has 0 aliphatic carbocycles. The third-order valence-corrected chi connectivity index (χ3v) is 5.27. The van der Waals surface area contributed by atoms with Crippen LogP contribution >= 0.6 is 0 Å². The number of carbonyl (C=O) groups is 2. The van der Waals surface area contributed by atoms with Gasteiger partial charge in [-0.25, -0.2) is 4.90 Å². The summed E-state index contributed by atoms with van der Waals surface area (Å²) in [6.07, 6.45) is 0. The molecule has 1 aliphatic heterocycles. The number of carbonyl (C=O) groups excluding carboxylic acids is 2. The lowest BCUT2D eigenvalue weighted by Gasteiger charge is -2.17. The first kappa shape index (κ1) is 19.6. The lowest BCUT2D eigenvalue weighted by Crippen LogP contribution is -2.33. The van der Waals surface area contributed by atoms with Gasteiger partial charge in [-0.1, -0.05) is 54.1 Å². The highest BCUT2D eigenvalue weighted by atomic mass is 16.2. The van der Waals surface area contributed by atoms with Gasteiger partial charge in [0.2, 0.25) is 0 Å². The third-order valence-electron chi connectivity index (χ3n) is 5.27. The summed E-state index contributed by atoms with van der Waals surface area (Å²) in [6.45, 7) is 7.91. The van der Waals surface area contributed by atoms with Gasteiger partial charge < -0.3 is 5.32 Å². The highest BCUT2D eigenvalue weighted by Crippen LogP contribution is 2.35. The molecule has 1 N–H and O–H groups in total. The van der Waals surface area contributed by atoms with Crippen LogP contribution in [0.1, 0.15) is 27.8 Å². The van der Waals surface area contributed by atoms with Crippen molar-refractivity contribution in [3.8, 4) is 0 Å². The van der Waals surface area contributed by atoms with Gasteiger partial charge in [-0.05, 0) is 68.1 Å². The van der Waals surface area contributed by atoms with Crippen LogP contribution in [0.4, 0.5) is 11.4 Å². The molecule has 4 heteroatoms. The predicted molar refractivity (Wildman–Crippen MR) is 121 cm³/mol. The van der Waals surface area contributed by atoms with Gasteiger partial charge in [-0.2, -0.15) is 0 Å². The van der Waals surface area contributed by atoms with Crippen LogP contribution < -0.4 is 10.2 Å². The summed E-state index contributed by atoms with van der Waals surface area (Å²) >= 11 is 0. The molecule has 0 atom stereocenters. The fraction of sp³-hybridized carbons (Fsp3) is 0.154. The molecule has 1 heterocycles. The van der Waals surface area contributed by atoms with Crippen molar-refractivity contribution in [1.29, 1.82) is 0 Å². The number of amides is 2. The minimum absolute atomic E-state index is 0.303. The lowest BCUT2D eigenvalue weighted by atomic mass is 10.0. The van der Waals surface area contributed by atoms with E-state index >= 15 is 0 Å². The smallest absolute Gasteiger partial charge is 0.282 e. The van der Waals surface area contributed by atoms with E-state index in [9.17, 15) is 9.59 Å². The molecule has 0 saturated carbocycles. The summed E-state index contributed by atoms with van der Waals surface area (Å²) in [5.41, 5.74) is 6.95. The van der Waals surface area contributed by atoms with Crippen LogP contribution in [0.15, 0.2) is 72.4 Å². The Kier molecular flexibility index (Phi) is 5.00. The summed E-state index contributed by atoms with van der Waals surface area (Å²) in [4.78, 5) is 28.2. The van der Waals surface area contributed by atoms with Crippen molar-refractivity contribution < 1.29 is 9.59 Å². The minimum atomic E-state index is -0.343. The summed E-state index contributed by atoms with van der Waals surface area (Å²) in [6, 6.07) is 21.1. The topological polar surface area (TPSA) is 49.4 Å². The first-order chi connectivity index (χ1) is 14.3. The second kappa shape index (κ2) is 7.64. The molecule has 0 fully saturated rings. The number of anilines is 2. The van der Waals surface area contributed by atoms with E-state index in [1.54, 1.807) is 6.07 Å². The van der Waals surface area contributed by atoms with Gasteiger partial charge in [-0.3, -0.25) is 9.59 Å². The van der Waals surface area contributed by atoms with Crippen LogP contribution in [-0.2, 0) is 9.59 Å². The van der Waals surface area contributed by atoms with Gasteiger partial charge in [0, 0.05) is 5.69 Å². The maximum atomic E-state index is 13.5. The van der Waals surface area contributed by atoms with E-state index in [2.05, 4.69) is 11.4 Å². The number of nitrogens with one attached hydrogen (secondary N) is 1. The number of nitrogens with zero attached hydrogens (tertiary/aromatic N) is 1. The molecule has 0 unspecified atom stereocenters. The van der Waals surface area contributed by atoms with Crippen molar-refractivity contribution in [3.05, 3.63) is 100 Å². The molecule has 0 radical (unpaired) electrons. The highest BCUT2D eigenvalue weighted by molar-refractivity contribution is 6.46. The van der Waals surface area contributed by atoms with E-state index in [0.29, 0.717) is 17.0 Å². The molecule has 0 saturated heterocycles. The normalized spacial score (nSPS) is 13.9. The quantitative estimate of drug-likeness (QED) is 0.608. The van der Waals surface area contributed by atoms with E-state index in [1.165, 1.54) is 4.90 Å². The zero-order valence-electron chi connectivity index (χ0n) is 17.6. The van der Waals surface area contributed by atoms with Gasteiger partial charge >= 0.3 is 0 Å². The van der Waals surface area contributed by atoms with Crippen molar-refractivity contribution in [2.75, 3.05) is 10.2 Å². The molecule has 3 aromatic carbocycles. The first-order valence-corrected chi connectivity index (χ1v) is 9.96. The van der Waals surface area contributed by atoms with Crippen molar-refractivity contribution >= 4 is 28.8 Å². The van der Waals surface area contributed by atoms with Crippen LogP contribution in [0.2, 0.25) is 0 Å². The van der Waals surface area contributed by atoms with Gasteiger partial charge in [-0.15, -0.1) is 0 Å².